The first-order valence-corrected chi connectivity index (χ1v) is 11.3. The number of nitrogens with zero attached hydrogens (tertiary/aromatic N) is 3. The molecule has 8 nitrogen and oxygen atoms in total. The Morgan fingerprint density at radius 2 is 1.97 bits per heavy atom. The van der Waals surface area contributed by atoms with Crippen LogP contribution in [0.1, 0.15) is 29.6 Å². The Morgan fingerprint density at radius 1 is 1.18 bits per heavy atom. The molecule has 2 heterocycles. The average Bonchev–Trinajstić information content (AvgIpc) is 3.23. The summed E-state index contributed by atoms with van der Waals surface area (Å²) >= 11 is 6.07. The number of aryl methyl sites for hydroxylation is 1. The Bertz CT molecular complexity index is 1150. The van der Waals surface area contributed by atoms with E-state index in [1.165, 1.54) is 0 Å². The molecule has 9 heteroatoms. The van der Waals surface area contributed by atoms with Crippen LogP contribution in [0.3, 0.4) is 0 Å². The molecule has 3 aromatic rings. The van der Waals surface area contributed by atoms with E-state index >= 15 is 0 Å². The van der Waals surface area contributed by atoms with Crippen molar-refractivity contribution in [2.45, 2.75) is 25.8 Å². The predicted octanol–water partition coefficient (Wildman–Crippen LogP) is 4.10. The van der Waals surface area contributed by atoms with Gasteiger partial charge in [-0.15, -0.1) is 0 Å². The molecule has 0 bridgehead atoms. The van der Waals surface area contributed by atoms with Gasteiger partial charge in [-0.25, -0.2) is 0 Å². The molecule has 1 aliphatic heterocycles. The number of ether oxygens (including phenoxy) is 2. The molecule has 1 aromatic heterocycles. The number of carbonyl (C=O) groups is 2. The van der Waals surface area contributed by atoms with Crippen LogP contribution in [0.4, 0.5) is 0 Å². The van der Waals surface area contributed by atoms with Crippen molar-refractivity contribution >= 4 is 34.4 Å². The summed E-state index contributed by atoms with van der Waals surface area (Å²) in [5, 5.41) is 14.6. The van der Waals surface area contributed by atoms with Gasteiger partial charge >= 0.3 is 5.97 Å². The molecule has 0 radical (unpaired) electrons. The van der Waals surface area contributed by atoms with E-state index in [-0.39, 0.29) is 12.3 Å². The number of fused-ring (bicyclic) bond motifs is 1. The number of likely N-dealkylation sites (tertiary alicyclic amines) is 1. The van der Waals surface area contributed by atoms with Crippen molar-refractivity contribution in [2.24, 2.45) is 5.92 Å². The second-order valence-electron chi connectivity index (χ2n) is 8.12. The number of carbonyl (C=O) groups excluding carboxylic acids is 1. The van der Waals surface area contributed by atoms with Crippen LogP contribution < -0.4 is 9.47 Å². The van der Waals surface area contributed by atoms with Gasteiger partial charge in [-0.2, -0.15) is 5.10 Å². The molecule has 174 valence electrons. The zero-order valence-electron chi connectivity index (χ0n) is 18.4. The molecule has 0 aliphatic carbocycles. The number of piperidine rings is 1. The van der Waals surface area contributed by atoms with Crippen LogP contribution in [-0.4, -0.2) is 58.5 Å². The summed E-state index contributed by atoms with van der Waals surface area (Å²) in [6.07, 6.45) is 3.45. The van der Waals surface area contributed by atoms with E-state index in [0.29, 0.717) is 48.5 Å². The van der Waals surface area contributed by atoms with Crippen molar-refractivity contribution in [3.63, 3.8) is 0 Å². The lowest BCUT2D eigenvalue weighted by atomic mass is 9.97. The maximum atomic E-state index is 12.9. The Kier molecular flexibility index (Phi) is 7.03. The number of benzene rings is 2. The standard InChI is InChI=1S/C24H26ClN3O5/c1-32-22-5-2-18(25)13-20(22)24(31)27-9-6-16(7-10-27)15-33-19-3-4-21-17(12-19)14-26-28(21)11-8-23(29)30/h2-5,12-14,16H,6-11,15H2,1H3,(H,29,30). The number of aromatic nitrogens is 2. The van der Waals surface area contributed by atoms with E-state index < -0.39 is 5.97 Å². The highest BCUT2D eigenvalue weighted by Gasteiger charge is 2.26. The van der Waals surface area contributed by atoms with Gasteiger partial charge in [-0.05, 0) is 55.2 Å². The van der Waals surface area contributed by atoms with Crippen molar-refractivity contribution in [2.75, 3.05) is 26.8 Å². The van der Waals surface area contributed by atoms with Crippen LogP contribution in [0.15, 0.2) is 42.6 Å². The molecule has 0 unspecified atom stereocenters. The van der Waals surface area contributed by atoms with Gasteiger partial charge in [-0.3, -0.25) is 14.3 Å². The van der Waals surface area contributed by atoms with Crippen molar-refractivity contribution < 1.29 is 24.2 Å². The van der Waals surface area contributed by atoms with Crippen LogP contribution in [0.25, 0.3) is 10.9 Å². The number of aliphatic carboxylic acids is 1. The predicted molar refractivity (Wildman–Crippen MR) is 124 cm³/mol. The van der Waals surface area contributed by atoms with Crippen LogP contribution in [0, 0.1) is 5.92 Å². The number of hydrogen-bond donors (Lipinski definition) is 1. The molecule has 0 spiro atoms. The van der Waals surface area contributed by atoms with E-state index in [1.807, 2.05) is 23.1 Å². The van der Waals surface area contributed by atoms with E-state index in [1.54, 1.807) is 36.2 Å². The lowest BCUT2D eigenvalue weighted by Crippen LogP contribution is -2.39. The summed E-state index contributed by atoms with van der Waals surface area (Å²) in [7, 11) is 1.54. The molecular weight excluding hydrogens is 446 g/mol. The van der Waals surface area contributed by atoms with E-state index in [4.69, 9.17) is 26.2 Å². The van der Waals surface area contributed by atoms with Gasteiger partial charge in [0, 0.05) is 23.5 Å². The third kappa shape index (κ3) is 5.39. The van der Waals surface area contributed by atoms with Crippen LogP contribution in [0.2, 0.25) is 5.02 Å². The van der Waals surface area contributed by atoms with Gasteiger partial charge < -0.3 is 19.5 Å². The van der Waals surface area contributed by atoms with E-state index in [9.17, 15) is 9.59 Å². The maximum Gasteiger partial charge on any atom is 0.305 e. The van der Waals surface area contributed by atoms with Gasteiger partial charge in [0.05, 0.1) is 44.0 Å². The second-order valence-corrected chi connectivity index (χ2v) is 8.56. The van der Waals surface area contributed by atoms with Gasteiger partial charge in [0.15, 0.2) is 0 Å². The number of carboxylic acids is 1. The highest BCUT2D eigenvalue weighted by molar-refractivity contribution is 6.31. The van der Waals surface area contributed by atoms with Crippen molar-refractivity contribution in [1.29, 1.82) is 0 Å². The summed E-state index contributed by atoms with van der Waals surface area (Å²) in [5.74, 6) is 0.709. The fourth-order valence-electron chi connectivity index (χ4n) is 4.07. The Balaban J connectivity index is 1.31. The zero-order valence-corrected chi connectivity index (χ0v) is 19.1. The number of carboxylic acid groups (broad SMARTS) is 1. The van der Waals surface area contributed by atoms with Gasteiger partial charge in [0.1, 0.15) is 11.5 Å². The fourth-order valence-corrected chi connectivity index (χ4v) is 4.24. The molecule has 1 N–H and O–H groups in total. The molecule has 0 saturated carbocycles. The second kappa shape index (κ2) is 10.1. The van der Waals surface area contributed by atoms with E-state index in [0.717, 1.165) is 29.5 Å². The summed E-state index contributed by atoms with van der Waals surface area (Å²) < 4.78 is 13.0. The Labute approximate surface area is 196 Å². The smallest absolute Gasteiger partial charge is 0.305 e. The monoisotopic (exact) mass is 471 g/mol. The molecule has 0 atom stereocenters. The molecule has 1 saturated heterocycles. The minimum absolute atomic E-state index is 0.0281. The summed E-state index contributed by atoms with van der Waals surface area (Å²) in [4.78, 5) is 25.6. The van der Waals surface area contributed by atoms with Crippen molar-refractivity contribution in [3.05, 3.63) is 53.2 Å². The lowest BCUT2D eigenvalue weighted by molar-refractivity contribution is -0.137. The highest BCUT2D eigenvalue weighted by Crippen LogP contribution is 2.27. The first-order chi connectivity index (χ1) is 15.9. The summed E-state index contributed by atoms with van der Waals surface area (Å²) in [6, 6.07) is 10.8. The fraction of sp³-hybridized carbons (Fsp3) is 0.375. The third-order valence-electron chi connectivity index (χ3n) is 5.93. The molecule has 2 aromatic carbocycles. The third-order valence-corrected chi connectivity index (χ3v) is 6.17. The van der Waals surface area contributed by atoms with Crippen LogP contribution in [-0.2, 0) is 11.3 Å². The quantitative estimate of drug-likeness (QED) is 0.531. The Hall–Kier alpha value is -3.26. The minimum atomic E-state index is -0.849. The number of methoxy groups -OCH3 is 1. The number of rotatable bonds is 8. The Morgan fingerprint density at radius 3 is 2.70 bits per heavy atom. The minimum Gasteiger partial charge on any atom is -0.496 e. The number of halogens is 1. The molecule has 33 heavy (non-hydrogen) atoms. The number of amides is 1. The summed E-state index contributed by atoms with van der Waals surface area (Å²) in [6.45, 7) is 2.20. The number of hydrogen-bond acceptors (Lipinski definition) is 5. The average molecular weight is 472 g/mol. The van der Waals surface area contributed by atoms with E-state index in [2.05, 4.69) is 5.10 Å². The first kappa shape index (κ1) is 22.9. The maximum absolute atomic E-state index is 12.9. The van der Waals surface area contributed by atoms with Crippen LogP contribution >= 0.6 is 11.6 Å². The van der Waals surface area contributed by atoms with Crippen molar-refractivity contribution in [3.8, 4) is 11.5 Å². The van der Waals surface area contributed by atoms with Gasteiger partial charge in [-0.1, -0.05) is 11.6 Å². The molecule has 1 amide bonds. The molecular formula is C24H26ClN3O5. The SMILES string of the molecule is COc1ccc(Cl)cc1C(=O)N1CCC(COc2ccc3c(cnn3CCC(=O)O)c2)CC1. The van der Waals surface area contributed by atoms with Gasteiger partial charge in [0.25, 0.3) is 5.91 Å². The largest absolute Gasteiger partial charge is 0.496 e. The van der Waals surface area contributed by atoms with Crippen LogP contribution in [0.5, 0.6) is 11.5 Å². The first-order valence-electron chi connectivity index (χ1n) is 10.9. The highest BCUT2D eigenvalue weighted by atomic mass is 35.5. The molecule has 4 rings (SSSR count). The molecule has 1 aliphatic rings. The zero-order chi connectivity index (χ0) is 23.4. The summed E-state index contributed by atoms with van der Waals surface area (Å²) in [5.41, 5.74) is 1.36. The topological polar surface area (TPSA) is 93.9 Å². The van der Waals surface area contributed by atoms with Crippen molar-refractivity contribution in [1.82, 2.24) is 14.7 Å². The van der Waals surface area contributed by atoms with Gasteiger partial charge in [0.2, 0.25) is 0 Å². The normalized spacial score (nSPS) is 14.4. The lowest BCUT2D eigenvalue weighted by Gasteiger charge is -2.32. The molecule has 1 fully saturated rings.